The maximum absolute atomic E-state index is 12.0. The number of sulfonamides is 1. The van der Waals surface area contributed by atoms with Crippen LogP contribution in [0.1, 0.15) is 12.5 Å². The molecule has 1 amide bonds. The van der Waals surface area contributed by atoms with Gasteiger partial charge >= 0.3 is 12.1 Å². The molecule has 0 bridgehead atoms. The zero-order valence-electron chi connectivity index (χ0n) is 20.1. The number of nitrogens with one attached hydrogen (secondary N) is 3. The lowest BCUT2D eigenvalue weighted by molar-refractivity contribution is -0.192. The molecule has 38 heavy (non-hydrogen) atoms. The fraction of sp³-hybridized carbons (Fsp3) is 0.217. The van der Waals surface area contributed by atoms with E-state index in [2.05, 4.69) is 25.3 Å². The monoisotopic (exact) mass is 552 g/mol. The van der Waals surface area contributed by atoms with Gasteiger partial charge in [-0.2, -0.15) is 13.2 Å². The van der Waals surface area contributed by atoms with Crippen molar-refractivity contribution in [3.8, 4) is 0 Å². The Kier molecular flexibility index (Phi) is 8.53. The molecule has 0 unspecified atom stereocenters. The van der Waals surface area contributed by atoms with Crippen molar-refractivity contribution in [2.24, 2.45) is 0 Å². The molecule has 202 valence electrons. The van der Waals surface area contributed by atoms with E-state index in [0.717, 1.165) is 23.4 Å². The van der Waals surface area contributed by atoms with Crippen molar-refractivity contribution in [1.82, 2.24) is 14.7 Å². The molecule has 0 saturated carbocycles. The number of amides is 1. The van der Waals surface area contributed by atoms with Crippen molar-refractivity contribution < 1.29 is 36.3 Å². The van der Waals surface area contributed by atoms with Gasteiger partial charge in [-0.1, -0.05) is 12.1 Å². The van der Waals surface area contributed by atoms with Crippen molar-refractivity contribution >= 4 is 50.6 Å². The average Bonchev–Trinajstić information content (AvgIpc) is 3.28. The van der Waals surface area contributed by atoms with Gasteiger partial charge in [-0.25, -0.2) is 27.9 Å². The standard InChI is InChI=1S/C21H22N6O3S.C2HF3O2/c1-14(28)27-9-8-15-6-7-17(11-19(15)27)26-21-12-20(23-13-24-21)25-16-4-3-5-18(10-16)31(29,30)22-2;3-2(4,5)1(6)7/h3-7,10-13,22H,8-9H2,1-2H3,(H2,23,24,25,26);(H,6,7). The Morgan fingerprint density at radius 3 is 2.16 bits per heavy atom. The minimum Gasteiger partial charge on any atom is -0.475 e. The lowest BCUT2D eigenvalue weighted by Gasteiger charge is -2.16. The summed E-state index contributed by atoms with van der Waals surface area (Å²) in [7, 11) is -2.17. The molecule has 11 nitrogen and oxygen atoms in total. The van der Waals surface area contributed by atoms with E-state index in [1.165, 1.54) is 25.5 Å². The van der Waals surface area contributed by atoms with Crippen molar-refractivity contribution in [3.63, 3.8) is 0 Å². The van der Waals surface area contributed by atoms with Gasteiger partial charge in [0.2, 0.25) is 15.9 Å². The zero-order chi connectivity index (χ0) is 28.1. The highest BCUT2D eigenvalue weighted by molar-refractivity contribution is 7.89. The highest BCUT2D eigenvalue weighted by Gasteiger charge is 2.38. The number of benzene rings is 2. The Balaban J connectivity index is 0.000000505. The second-order valence-electron chi connectivity index (χ2n) is 7.84. The lowest BCUT2D eigenvalue weighted by Crippen LogP contribution is -2.25. The van der Waals surface area contributed by atoms with Gasteiger partial charge in [0.05, 0.1) is 4.90 Å². The van der Waals surface area contributed by atoms with Gasteiger partial charge in [0.25, 0.3) is 0 Å². The third-order valence-electron chi connectivity index (χ3n) is 5.23. The van der Waals surface area contributed by atoms with Crippen molar-refractivity contribution in [2.45, 2.75) is 24.4 Å². The van der Waals surface area contributed by atoms with Crippen LogP contribution in [0.15, 0.2) is 59.8 Å². The molecule has 0 atom stereocenters. The Labute approximate surface area is 215 Å². The number of carboxylic acids is 1. The Bertz CT molecular complexity index is 1450. The van der Waals surface area contributed by atoms with E-state index in [1.807, 2.05) is 18.2 Å². The predicted octanol–water partition coefficient (Wildman–Crippen LogP) is 3.41. The number of hydrogen-bond donors (Lipinski definition) is 4. The van der Waals surface area contributed by atoms with Crippen molar-refractivity contribution in [2.75, 3.05) is 29.1 Å². The molecule has 0 fully saturated rings. The van der Waals surface area contributed by atoms with Gasteiger partial charge < -0.3 is 20.6 Å². The quantitative estimate of drug-likeness (QED) is 0.360. The molecule has 15 heteroatoms. The number of carbonyl (C=O) groups is 2. The summed E-state index contributed by atoms with van der Waals surface area (Å²) in [6.07, 6.45) is -2.83. The normalized spacial score (nSPS) is 12.7. The summed E-state index contributed by atoms with van der Waals surface area (Å²) in [6, 6.07) is 14.1. The maximum atomic E-state index is 12.0. The number of alkyl halides is 3. The van der Waals surface area contributed by atoms with Crippen LogP contribution in [0, 0.1) is 0 Å². The summed E-state index contributed by atoms with van der Waals surface area (Å²) >= 11 is 0. The molecule has 3 aromatic rings. The molecule has 2 aromatic carbocycles. The van der Waals surface area contributed by atoms with Gasteiger partial charge in [0, 0.05) is 36.6 Å². The van der Waals surface area contributed by atoms with Crippen LogP contribution in [-0.4, -0.2) is 55.1 Å². The van der Waals surface area contributed by atoms with E-state index < -0.39 is 22.2 Å². The fourth-order valence-electron chi connectivity index (χ4n) is 3.43. The zero-order valence-corrected chi connectivity index (χ0v) is 20.9. The van der Waals surface area contributed by atoms with Crippen molar-refractivity contribution in [1.29, 1.82) is 0 Å². The third kappa shape index (κ3) is 7.17. The van der Waals surface area contributed by atoms with Crippen LogP contribution in [0.4, 0.5) is 41.9 Å². The van der Waals surface area contributed by atoms with E-state index in [0.29, 0.717) is 23.9 Å². The summed E-state index contributed by atoms with van der Waals surface area (Å²) in [5, 5.41) is 13.4. The number of hydrogen-bond acceptors (Lipinski definition) is 8. The summed E-state index contributed by atoms with van der Waals surface area (Å²) in [5.41, 5.74) is 3.43. The number of carboxylic acid groups (broad SMARTS) is 1. The van der Waals surface area contributed by atoms with E-state index in [1.54, 1.807) is 30.0 Å². The largest absolute Gasteiger partial charge is 0.490 e. The Morgan fingerprint density at radius 1 is 1.00 bits per heavy atom. The molecule has 1 aromatic heterocycles. The van der Waals surface area contributed by atoms with Crippen LogP contribution >= 0.6 is 0 Å². The third-order valence-corrected chi connectivity index (χ3v) is 6.64. The fourth-order valence-corrected chi connectivity index (χ4v) is 4.21. The minimum absolute atomic E-state index is 0.0203. The van der Waals surface area contributed by atoms with Gasteiger partial charge in [-0.15, -0.1) is 0 Å². The van der Waals surface area contributed by atoms with Gasteiger partial charge in [0.1, 0.15) is 18.0 Å². The summed E-state index contributed by atoms with van der Waals surface area (Å²) in [5.74, 6) is -1.67. The molecule has 4 N–H and O–H groups in total. The molecule has 1 aliphatic rings. The molecule has 0 radical (unpaired) electrons. The average molecular weight is 553 g/mol. The number of fused-ring (bicyclic) bond motifs is 1. The van der Waals surface area contributed by atoms with E-state index >= 15 is 0 Å². The highest BCUT2D eigenvalue weighted by Crippen LogP contribution is 2.32. The second kappa shape index (κ2) is 11.4. The highest BCUT2D eigenvalue weighted by atomic mass is 32.2. The molecule has 0 saturated heterocycles. The van der Waals surface area contributed by atoms with Crippen LogP contribution in [0.3, 0.4) is 0 Å². The number of rotatable bonds is 6. The van der Waals surface area contributed by atoms with Gasteiger partial charge in [0.15, 0.2) is 0 Å². The van der Waals surface area contributed by atoms with Crippen LogP contribution in [0.25, 0.3) is 0 Å². The Morgan fingerprint density at radius 2 is 1.61 bits per heavy atom. The number of nitrogens with zero attached hydrogens (tertiary/aromatic N) is 3. The minimum atomic E-state index is -5.08. The molecule has 1 aliphatic heterocycles. The first-order valence-corrected chi connectivity index (χ1v) is 12.4. The topological polar surface area (TPSA) is 154 Å². The second-order valence-corrected chi connectivity index (χ2v) is 9.73. The summed E-state index contributed by atoms with van der Waals surface area (Å²) in [6.45, 7) is 2.26. The van der Waals surface area contributed by atoms with Crippen LogP contribution in [0.5, 0.6) is 0 Å². The maximum Gasteiger partial charge on any atom is 0.490 e. The molecule has 2 heterocycles. The van der Waals surface area contributed by atoms with Crippen LogP contribution < -0.4 is 20.3 Å². The molecule has 0 spiro atoms. The molecule has 0 aliphatic carbocycles. The van der Waals surface area contributed by atoms with E-state index in [9.17, 15) is 26.4 Å². The van der Waals surface area contributed by atoms with E-state index in [-0.39, 0.29) is 10.8 Å². The Hall–Kier alpha value is -4.24. The van der Waals surface area contributed by atoms with Crippen molar-refractivity contribution in [3.05, 3.63) is 60.4 Å². The van der Waals surface area contributed by atoms with E-state index in [4.69, 9.17) is 9.90 Å². The predicted molar refractivity (Wildman–Crippen MR) is 133 cm³/mol. The number of aromatic nitrogens is 2. The molecular formula is C23H23F3N6O5S. The van der Waals surface area contributed by atoms with Gasteiger partial charge in [-0.05, 0) is 49.4 Å². The van der Waals surface area contributed by atoms with Crippen LogP contribution in [-0.2, 0) is 26.0 Å². The molecule has 4 rings (SSSR count). The smallest absolute Gasteiger partial charge is 0.475 e. The number of anilines is 5. The lowest BCUT2D eigenvalue weighted by atomic mass is 10.1. The first-order valence-electron chi connectivity index (χ1n) is 10.9. The van der Waals surface area contributed by atoms with Gasteiger partial charge in [-0.3, -0.25) is 4.79 Å². The SMILES string of the molecule is CNS(=O)(=O)c1cccc(Nc2cc(Nc3ccc4c(c3)N(C(C)=O)CC4)ncn2)c1.O=C(O)C(F)(F)F. The number of halogens is 3. The first-order chi connectivity index (χ1) is 17.8. The van der Waals surface area contributed by atoms with Crippen LogP contribution in [0.2, 0.25) is 0 Å². The summed E-state index contributed by atoms with van der Waals surface area (Å²) in [4.78, 5) is 31.1. The summed E-state index contributed by atoms with van der Waals surface area (Å²) < 4.78 is 58.1. The number of carbonyl (C=O) groups excluding carboxylic acids is 1. The molecular weight excluding hydrogens is 529 g/mol. The first kappa shape index (κ1) is 28.3. The number of aliphatic carboxylic acids is 1.